The van der Waals surface area contributed by atoms with Gasteiger partial charge in [-0.2, -0.15) is 0 Å². The number of benzene rings is 1. The van der Waals surface area contributed by atoms with E-state index in [0.717, 1.165) is 24.1 Å². The predicted octanol–water partition coefficient (Wildman–Crippen LogP) is 3.22. The Morgan fingerprint density at radius 3 is 2.75 bits per heavy atom. The molecule has 2 aromatic rings. The number of hydrogen-bond donors (Lipinski definition) is 1. The van der Waals surface area contributed by atoms with Crippen molar-refractivity contribution in [3.63, 3.8) is 0 Å². The monoisotopic (exact) mass is 399 g/mol. The predicted molar refractivity (Wildman–Crippen MR) is 113 cm³/mol. The van der Waals surface area contributed by atoms with Crippen LogP contribution < -0.4 is 5.32 Å². The van der Waals surface area contributed by atoms with Crippen LogP contribution in [0.4, 0.5) is 0 Å². The molecule has 0 aliphatic heterocycles. The number of hydrogen-bond acceptors (Lipinski definition) is 4. The SMILES string of the molecule is CCN(CC(=O)NCc1cccs1)C(=O)CN(C)C1CCCc2ccccc21. The molecule has 1 aromatic carbocycles. The Hall–Kier alpha value is -2.18. The fourth-order valence-electron chi connectivity index (χ4n) is 3.81. The molecule has 0 spiro atoms. The molecule has 2 amide bonds. The minimum absolute atomic E-state index is 0.000622. The summed E-state index contributed by atoms with van der Waals surface area (Å²) in [4.78, 5) is 29.9. The van der Waals surface area contributed by atoms with Crippen molar-refractivity contribution in [2.24, 2.45) is 0 Å². The van der Waals surface area contributed by atoms with Gasteiger partial charge in [-0.05, 0) is 55.8 Å². The van der Waals surface area contributed by atoms with E-state index in [1.165, 1.54) is 11.1 Å². The Bertz CT molecular complexity index is 791. The summed E-state index contributed by atoms with van der Waals surface area (Å²) in [7, 11) is 2.01. The van der Waals surface area contributed by atoms with E-state index >= 15 is 0 Å². The second-order valence-corrected chi connectivity index (χ2v) is 8.32. The van der Waals surface area contributed by atoms with Crippen LogP contribution in [0.25, 0.3) is 0 Å². The third kappa shape index (κ3) is 5.20. The topological polar surface area (TPSA) is 52.7 Å². The van der Waals surface area contributed by atoms with Crippen molar-refractivity contribution >= 4 is 23.2 Å². The number of nitrogens with zero attached hydrogens (tertiary/aromatic N) is 2. The van der Waals surface area contributed by atoms with Gasteiger partial charge in [-0.3, -0.25) is 14.5 Å². The van der Waals surface area contributed by atoms with E-state index in [9.17, 15) is 9.59 Å². The van der Waals surface area contributed by atoms with E-state index in [4.69, 9.17) is 0 Å². The molecule has 0 fully saturated rings. The number of carbonyl (C=O) groups excluding carboxylic acids is 2. The van der Waals surface area contributed by atoms with Crippen molar-refractivity contribution < 1.29 is 9.59 Å². The number of amides is 2. The highest BCUT2D eigenvalue weighted by Crippen LogP contribution is 2.33. The van der Waals surface area contributed by atoms with Crippen LogP contribution in [0.1, 0.15) is 41.8 Å². The van der Waals surface area contributed by atoms with Gasteiger partial charge in [0.2, 0.25) is 11.8 Å². The minimum atomic E-state index is -0.116. The van der Waals surface area contributed by atoms with Crippen molar-refractivity contribution in [2.45, 2.75) is 38.8 Å². The Labute approximate surface area is 171 Å². The third-order valence-corrected chi connectivity index (χ3v) is 6.24. The first kappa shape index (κ1) is 20.6. The number of aryl methyl sites for hydroxylation is 1. The van der Waals surface area contributed by atoms with E-state index < -0.39 is 0 Å². The Morgan fingerprint density at radius 2 is 2.00 bits per heavy atom. The lowest BCUT2D eigenvalue weighted by Gasteiger charge is -2.34. The lowest BCUT2D eigenvalue weighted by Crippen LogP contribution is -2.45. The van der Waals surface area contributed by atoms with E-state index in [2.05, 4.69) is 34.5 Å². The molecule has 1 aliphatic carbocycles. The standard InChI is InChI=1S/C22H29N3O2S/c1-3-25(15-21(26)23-14-18-10-7-13-28-18)22(27)16-24(2)20-12-6-9-17-8-4-5-11-19(17)20/h4-5,7-8,10-11,13,20H,3,6,9,12,14-16H2,1-2H3,(H,23,26). The van der Waals surface area contributed by atoms with Crippen molar-refractivity contribution in [2.75, 3.05) is 26.7 Å². The molecule has 150 valence electrons. The van der Waals surface area contributed by atoms with Gasteiger partial charge in [-0.15, -0.1) is 11.3 Å². The number of thiophene rings is 1. The van der Waals surface area contributed by atoms with Gasteiger partial charge < -0.3 is 10.2 Å². The largest absolute Gasteiger partial charge is 0.350 e. The highest BCUT2D eigenvalue weighted by atomic mass is 32.1. The number of likely N-dealkylation sites (N-methyl/N-ethyl adjacent to an activating group) is 2. The molecule has 0 radical (unpaired) electrons. The summed E-state index contributed by atoms with van der Waals surface area (Å²) in [5.41, 5.74) is 2.72. The first-order valence-corrected chi connectivity index (χ1v) is 10.8. The first-order chi connectivity index (χ1) is 13.6. The van der Waals surface area contributed by atoms with Crippen molar-refractivity contribution in [3.8, 4) is 0 Å². The van der Waals surface area contributed by atoms with Crippen LogP contribution in [0.5, 0.6) is 0 Å². The molecule has 1 aromatic heterocycles. The molecule has 1 N–H and O–H groups in total. The van der Waals surface area contributed by atoms with Crippen LogP contribution in [-0.4, -0.2) is 48.3 Å². The quantitative estimate of drug-likeness (QED) is 0.742. The minimum Gasteiger partial charge on any atom is -0.350 e. The smallest absolute Gasteiger partial charge is 0.239 e. The fraction of sp³-hybridized carbons (Fsp3) is 0.455. The van der Waals surface area contributed by atoms with Gasteiger partial charge >= 0.3 is 0 Å². The van der Waals surface area contributed by atoms with Crippen LogP contribution in [0.3, 0.4) is 0 Å². The van der Waals surface area contributed by atoms with Crippen LogP contribution in [0.15, 0.2) is 41.8 Å². The van der Waals surface area contributed by atoms with Crippen molar-refractivity contribution in [1.82, 2.24) is 15.1 Å². The van der Waals surface area contributed by atoms with Gasteiger partial charge in [-0.25, -0.2) is 0 Å². The number of fused-ring (bicyclic) bond motifs is 1. The Morgan fingerprint density at radius 1 is 1.18 bits per heavy atom. The zero-order chi connectivity index (χ0) is 19.9. The second kappa shape index (κ2) is 9.85. The highest BCUT2D eigenvalue weighted by Gasteiger charge is 2.26. The molecule has 1 atom stereocenters. The van der Waals surface area contributed by atoms with Crippen LogP contribution >= 0.6 is 11.3 Å². The highest BCUT2D eigenvalue weighted by molar-refractivity contribution is 7.09. The van der Waals surface area contributed by atoms with Crippen LogP contribution in [-0.2, 0) is 22.6 Å². The first-order valence-electron chi connectivity index (χ1n) is 9.93. The molecule has 0 bridgehead atoms. The number of rotatable bonds is 8. The van der Waals surface area contributed by atoms with E-state index in [0.29, 0.717) is 19.6 Å². The molecular formula is C22H29N3O2S. The van der Waals surface area contributed by atoms with Crippen molar-refractivity contribution in [3.05, 3.63) is 57.8 Å². The average Bonchev–Trinajstić information content (AvgIpc) is 3.23. The Kier molecular flexibility index (Phi) is 7.23. The molecule has 28 heavy (non-hydrogen) atoms. The maximum absolute atomic E-state index is 12.8. The summed E-state index contributed by atoms with van der Waals surface area (Å²) in [6.45, 7) is 3.39. The molecule has 1 heterocycles. The lowest BCUT2D eigenvalue weighted by atomic mass is 9.87. The summed E-state index contributed by atoms with van der Waals surface area (Å²) in [6.07, 6.45) is 3.32. The number of carbonyl (C=O) groups is 2. The number of nitrogens with one attached hydrogen (secondary N) is 1. The molecule has 1 unspecified atom stereocenters. The second-order valence-electron chi connectivity index (χ2n) is 7.29. The van der Waals surface area contributed by atoms with Gasteiger partial charge in [0, 0.05) is 17.5 Å². The maximum atomic E-state index is 12.8. The normalized spacial score (nSPS) is 15.9. The average molecular weight is 400 g/mol. The molecule has 5 nitrogen and oxygen atoms in total. The molecule has 1 aliphatic rings. The van der Waals surface area contributed by atoms with Crippen LogP contribution in [0.2, 0.25) is 0 Å². The molecular weight excluding hydrogens is 370 g/mol. The summed E-state index contributed by atoms with van der Waals surface area (Å²) in [5, 5.41) is 4.89. The summed E-state index contributed by atoms with van der Waals surface area (Å²) in [5.74, 6) is -0.117. The summed E-state index contributed by atoms with van der Waals surface area (Å²) < 4.78 is 0. The van der Waals surface area contributed by atoms with E-state index in [1.54, 1.807) is 16.2 Å². The molecule has 0 saturated heterocycles. The lowest BCUT2D eigenvalue weighted by molar-refractivity contribution is -0.137. The molecule has 0 saturated carbocycles. The fourth-order valence-corrected chi connectivity index (χ4v) is 4.46. The molecule has 3 rings (SSSR count). The van der Waals surface area contributed by atoms with E-state index in [-0.39, 0.29) is 24.4 Å². The van der Waals surface area contributed by atoms with Gasteiger partial charge in [0.1, 0.15) is 0 Å². The van der Waals surface area contributed by atoms with Gasteiger partial charge in [0.05, 0.1) is 19.6 Å². The van der Waals surface area contributed by atoms with E-state index in [1.807, 2.05) is 31.5 Å². The summed E-state index contributed by atoms with van der Waals surface area (Å²) in [6, 6.07) is 12.7. The van der Waals surface area contributed by atoms with Crippen molar-refractivity contribution in [1.29, 1.82) is 0 Å². The summed E-state index contributed by atoms with van der Waals surface area (Å²) >= 11 is 1.61. The maximum Gasteiger partial charge on any atom is 0.239 e. The van der Waals surface area contributed by atoms with Crippen LogP contribution in [0, 0.1) is 0 Å². The zero-order valence-electron chi connectivity index (χ0n) is 16.7. The molecule has 6 heteroatoms. The third-order valence-electron chi connectivity index (χ3n) is 5.36. The zero-order valence-corrected chi connectivity index (χ0v) is 17.5. The van der Waals surface area contributed by atoms with Gasteiger partial charge in [-0.1, -0.05) is 30.3 Å². The van der Waals surface area contributed by atoms with Gasteiger partial charge in [0.25, 0.3) is 0 Å². The Balaban J connectivity index is 1.54. The van der Waals surface area contributed by atoms with Gasteiger partial charge in [0.15, 0.2) is 0 Å².